The van der Waals surface area contributed by atoms with Crippen LogP contribution in [0.3, 0.4) is 0 Å². The highest BCUT2D eigenvalue weighted by Gasteiger charge is 2.36. The third-order valence-electron chi connectivity index (χ3n) is 6.70. The largest absolute Gasteiger partial charge is 0.416 e. The predicted molar refractivity (Wildman–Crippen MR) is 150 cm³/mol. The molecule has 0 radical (unpaired) electrons. The second-order valence-corrected chi connectivity index (χ2v) is 12.7. The third-order valence-corrected chi connectivity index (χ3v) is 8.85. The van der Waals surface area contributed by atoms with Gasteiger partial charge >= 0.3 is 6.18 Å². The predicted octanol–water partition coefficient (Wildman–Crippen LogP) is 6.30. The third kappa shape index (κ3) is 7.96. The van der Waals surface area contributed by atoms with Crippen LogP contribution in [0.25, 0.3) is 0 Å². The molecule has 14 heteroatoms. The van der Waals surface area contributed by atoms with Gasteiger partial charge in [0, 0.05) is 28.2 Å². The standard InChI is InChI=1S/C26H29Cl3F3N3O4S/c1-3-22(25(37)33-17-7-4-5-8-17)34(14-18-19(27)9-6-10-20(18)28)24(36)15-35(40(2,38)39)23-13-16(26(30,31)32)11-12-21(23)29/h6,9-13,17,22H,3-5,7-8,14-15H2,1-2H3,(H,33,37)/t22-/m0/s1. The van der Waals surface area contributed by atoms with Crippen molar-refractivity contribution < 1.29 is 31.2 Å². The van der Waals surface area contributed by atoms with Gasteiger partial charge in [0.2, 0.25) is 21.8 Å². The molecule has 2 amide bonds. The van der Waals surface area contributed by atoms with Gasteiger partial charge in [-0.3, -0.25) is 13.9 Å². The summed E-state index contributed by atoms with van der Waals surface area (Å²) in [6, 6.07) is 5.79. The van der Waals surface area contributed by atoms with Gasteiger partial charge in [0.1, 0.15) is 12.6 Å². The summed E-state index contributed by atoms with van der Waals surface area (Å²) in [6.07, 6.45) is -0.372. The zero-order valence-electron chi connectivity index (χ0n) is 21.8. The van der Waals surface area contributed by atoms with E-state index in [4.69, 9.17) is 34.8 Å². The number of carbonyl (C=O) groups excluding carboxylic acids is 2. The van der Waals surface area contributed by atoms with Crippen molar-refractivity contribution in [2.24, 2.45) is 0 Å². The first kappa shape index (κ1) is 32.3. The summed E-state index contributed by atoms with van der Waals surface area (Å²) >= 11 is 18.8. The molecule has 0 heterocycles. The maximum Gasteiger partial charge on any atom is 0.416 e. The number of benzene rings is 2. The summed E-state index contributed by atoms with van der Waals surface area (Å²) in [6.45, 7) is 0.516. The normalized spacial score (nSPS) is 15.1. The molecule has 220 valence electrons. The van der Waals surface area contributed by atoms with Gasteiger partial charge in [-0.15, -0.1) is 0 Å². The Bertz CT molecular complexity index is 1330. The van der Waals surface area contributed by atoms with E-state index in [2.05, 4.69) is 5.32 Å². The number of halogens is 6. The van der Waals surface area contributed by atoms with Crippen LogP contribution in [0, 0.1) is 0 Å². The molecule has 1 aliphatic rings. The van der Waals surface area contributed by atoms with Gasteiger partial charge < -0.3 is 10.2 Å². The average Bonchev–Trinajstić information content (AvgIpc) is 3.36. The van der Waals surface area contributed by atoms with E-state index in [-0.39, 0.29) is 34.1 Å². The Morgan fingerprint density at radius 2 is 1.65 bits per heavy atom. The van der Waals surface area contributed by atoms with Crippen LogP contribution in [-0.2, 0) is 32.3 Å². The van der Waals surface area contributed by atoms with E-state index in [1.807, 2.05) is 0 Å². The smallest absolute Gasteiger partial charge is 0.352 e. The van der Waals surface area contributed by atoms with Crippen LogP contribution in [0.15, 0.2) is 36.4 Å². The molecule has 1 N–H and O–H groups in total. The Balaban J connectivity index is 2.04. The minimum atomic E-state index is -4.79. The van der Waals surface area contributed by atoms with Crippen LogP contribution in [0.4, 0.5) is 18.9 Å². The number of anilines is 1. The van der Waals surface area contributed by atoms with Crippen molar-refractivity contribution in [2.45, 2.75) is 63.8 Å². The second-order valence-electron chi connectivity index (χ2n) is 9.57. The van der Waals surface area contributed by atoms with Crippen LogP contribution in [0.1, 0.15) is 50.2 Å². The Kier molecular flexibility index (Phi) is 10.6. The molecule has 1 fully saturated rings. The molecule has 1 atom stereocenters. The molecule has 0 unspecified atom stereocenters. The molecule has 2 aromatic rings. The molecule has 7 nitrogen and oxygen atoms in total. The van der Waals surface area contributed by atoms with Crippen LogP contribution < -0.4 is 9.62 Å². The lowest BCUT2D eigenvalue weighted by atomic mass is 10.1. The monoisotopic (exact) mass is 641 g/mol. The fraction of sp³-hybridized carbons (Fsp3) is 0.462. The summed E-state index contributed by atoms with van der Waals surface area (Å²) in [5.74, 6) is -1.29. The maximum absolute atomic E-state index is 13.8. The molecule has 0 saturated heterocycles. The number of nitrogens with zero attached hydrogens (tertiary/aromatic N) is 2. The lowest BCUT2D eigenvalue weighted by molar-refractivity contribution is -0.140. The van der Waals surface area contributed by atoms with E-state index >= 15 is 0 Å². The lowest BCUT2D eigenvalue weighted by Crippen LogP contribution is -2.53. The van der Waals surface area contributed by atoms with Crippen LogP contribution in [0.5, 0.6) is 0 Å². The second kappa shape index (κ2) is 13.2. The first-order chi connectivity index (χ1) is 18.6. The molecule has 2 aromatic carbocycles. The van der Waals surface area contributed by atoms with Crippen molar-refractivity contribution in [3.63, 3.8) is 0 Å². The topological polar surface area (TPSA) is 86.8 Å². The number of hydrogen-bond donors (Lipinski definition) is 1. The molecular formula is C26H29Cl3F3N3O4S. The fourth-order valence-corrected chi connectivity index (χ4v) is 6.26. The van der Waals surface area contributed by atoms with Gasteiger partial charge in [0.25, 0.3) is 0 Å². The van der Waals surface area contributed by atoms with E-state index < -0.39 is 51.9 Å². The zero-order valence-corrected chi connectivity index (χ0v) is 24.9. The van der Waals surface area contributed by atoms with E-state index in [1.165, 1.54) is 0 Å². The number of carbonyl (C=O) groups is 2. The number of nitrogens with one attached hydrogen (secondary N) is 1. The summed E-state index contributed by atoms with van der Waals surface area (Å²) in [7, 11) is -4.31. The van der Waals surface area contributed by atoms with E-state index in [9.17, 15) is 31.2 Å². The Hall–Kier alpha value is -2.21. The quantitative estimate of drug-likeness (QED) is 0.330. The molecule has 1 aliphatic carbocycles. The minimum Gasteiger partial charge on any atom is -0.352 e. The molecule has 0 spiro atoms. The fourth-order valence-electron chi connectivity index (χ4n) is 4.62. The van der Waals surface area contributed by atoms with Gasteiger partial charge in [-0.25, -0.2) is 8.42 Å². The number of rotatable bonds is 10. The number of alkyl halides is 3. The average molecular weight is 643 g/mol. The van der Waals surface area contributed by atoms with Gasteiger partial charge in [0.15, 0.2) is 0 Å². The van der Waals surface area contributed by atoms with Crippen LogP contribution >= 0.6 is 34.8 Å². The van der Waals surface area contributed by atoms with Gasteiger partial charge in [0.05, 0.1) is 22.5 Å². The molecule has 1 saturated carbocycles. The van der Waals surface area contributed by atoms with E-state index in [0.717, 1.165) is 42.9 Å². The Morgan fingerprint density at radius 1 is 1.05 bits per heavy atom. The van der Waals surface area contributed by atoms with Gasteiger partial charge in [-0.1, -0.05) is 60.6 Å². The molecule has 0 bridgehead atoms. The summed E-state index contributed by atoms with van der Waals surface area (Å²) < 4.78 is 66.3. The number of amides is 2. The summed E-state index contributed by atoms with van der Waals surface area (Å²) in [5.41, 5.74) is -1.34. The van der Waals surface area contributed by atoms with Crippen LogP contribution in [-0.4, -0.2) is 50.0 Å². The van der Waals surface area contributed by atoms with E-state index in [1.54, 1.807) is 25.1 Å². The number of hydrogen-bond acceptors (Lipinski definition) is 4. The number of sulfonamides is 1. The highest BCUT2D eigenvalue weighted by molar-refractivity contribution is 7.92. The van der Waals surface area contributed by atoms with Crippen molar-refractivity contribution >= 4 is 62.3 Å². The molecule has 0 aromatic heterocycles. The Morgan fingerprint density at radius 3 is 2.17 bits per heavy atom. The van der Waals surface area contributed by atoms with Crippen LogP contribution in [0.2, 0.25) is 15.1 Å². The van der Waals surface area contributed by atoms with Crippen molar-refractivity contribution in [1.29, 1.82) is 0 Å². The maximum atomic E-state index is 13.8. The highest BCUT2D eigenvalue weighted by Crippen LogP contribution is 2.36. The molecule has 3 rings (SSSR count). The SMILES string of the molecule is CC[C@@H](C(=O)NC1CCCC1)N(Cc1c(Cl)cccc1Cl)C(=O)CN(c1cc(C(F)(F)F)ccc1Cl)S(C)(=O)=O. The summed E-state index contributed by atoms with van der Waals surface area (Å²) in [4.78, 5) is 28.3. The molecular weight excluding hydrogens is 614 g/mol. The minimum absolute atomic E-state index is 0.0566. The van der Waals surface area contributed by atoms with Crippen molar-refractivity contribution in [1.82, 2.24) is 10.2 Å². The van der Waals surface area contributed by atoms with Crippen molar-refractivity contribution in [2.75, 3.05) is 17.1 Å². The van der Waals surface area contributed by atoms with Crippen molar-refractivity contribution in [3.8, 4) is 0 Å². The highest BCUT2D eigenvalue weighted by atomic mass is 35.5. The first-order valence-corrected chi connectivity index (χ1v) is 15.5. The molecule has 0 aliphatic heterocycles. The van der Waals surface area contributed by atoms with Crippen molar-refractivity contribution in [3.05, 3.63) is 62.6 Å². The van der Waals surface area contributed by atoms with Gasteiger partial charge in [-0.2, -0.15) is 13.2 Å². The summed E-state index contributed by atoms with van der Waals surface area (Å²) in [5, 5.41) is 3.08. The Labute approximate surface area is 246 Å². The molecule has 40 heavy (non-hydrogen) atoms. The van der Waals surface area contributed by atoms with E-state index in [0.29, 0.717) is 22.0 Å². The lowest BCUT2D eigenvalue weighted by Gasteiger charge is -2.34. The first-order valence-electron chi connectivity index (χ1n) is 12.5. The zero-order chi connectivity index (χ0) is 29.8. The van der Waals surface area contributed by atoms with Gasteiger partial charge in [-0.05, 0) is 49.6 Å².